The van der Waals surface area contributed by atoms with Gasteiger partial charge in [-0.25, -0.2) is 9.50 Å². The second kappa shape index (κ2) is 5.68. The minimum Gasteiger partial charge on any atom is -0.364 e. The highest BCUT2D eigenvalue weighted by atomic mass is 16.2. The summed E-state index contributed by atoms with van der Waals surface area (Å²) in [6.45, 7) is 11.2. The molecule has 1 aliphatic heterocycles. The maximum Gasteiger partial charge on any atom is 0.232 e. The number of nitrogens with one attached hydrogen (secondary N) is 1. The Morgan fingerprint density at radius 1 is 1.43 bits per heavy atom. The van der Waals surface area contributed by atoms with Crippen molar-refractivity contribution in [3.63, 3.8) is 0 Å². The minimum absolute atomic E-state index is 0.146. The summed E-state index contributed by atoms with van der Waals surface area (Å²) in [5.74, 6) is 0.946. The summed E-state index contributed by atoms with van der Waals surface area (Å²) in [5, 5.41) is 7.88. The van der Waals surface area contributed by atoms with Gasteiger partial charge in [0.15, 0.2) is 5.65 Å². The number of likely N-dealkylation sites (tertiary alicyclic amines) is 1. The number of amides is 1. The number of nitrogens with zero attached hydrogens (tertiary/aromatic N) is 4. The summed E-state index contributed by atoms with van der Waals surface area (Å²) in [6.07, 6.45) is 4.46. The summed E-state index contributed by atoms with van der Waals surface area (Å²) < 4.78 is 1.74. The molecule has 3 rings (SSSR count). The normalized spacial score (nSPS) is 18.4. The number of anilines is 1. The first-order valence-corrected chi connectivity index (χ1v) is 7.90. The topological polar surface area (TPSA) is 62.5 Å². The van der Waals surface area contributed by atoms with Crippen molar-refractivity contribution in [1.82, 2.24) is 19.5 Å². The van der Waals surface area contributed by atoms with E-state index in [1.54, 1.807) is 10.7 Å². The first-order valence-electron chi connectivity index (χ1n) is 7.90. The average molecular weight is 313 g/mol. The summed E-state index contributed by atoms with van der Waals surface area (Å²) in [6, 6.07) is 4.07. The molecule has 0 radical (unpaired) electrons. The number of aromatic nitrogens is 3. The molecule has 6 nitrogen and oxygen atoms in total. The van der Waals surface area contributed by atoms with Crippen LogP contribution in [0.2, 0.25) is 0 Å². The van der Waals surface area contributed by atoms with E-state index < -0.39 is 5.41 Å². The SMILES string of the molecule is C=C(C)C(C)(C)C(=O)N1CCC(Nc2ccc3nccn3n2)C1. The van der Waals surface area contributed by atoms with Crippen LogP contribution < -0.4 is 5.32 Å². The van der Waals surface area contributed by atoms with Crippen molar-refractivity contribution in [3.05, 3.63) is 36.7 Å². The zero-order valence-electron chi connectivity index (χ0n) is 13.9. The van der Waals surface area contributed by atoms with E-state index in [1.807, 2.05) is 44.0 Å². The Labute approximate surface area is 136 Å². The van der Waals surface area contributed by atoms with Crippen LogP contribution in [-0.2, 0) is 4.79 Å². The number of carbonyl (C=O) groups is 1. The second-order valence-corrected chi connectivity index (χ2v) is 6.74. The fraction of sp³-hybridized carbons (Fsp3) is 0.471. The monoisotopic (exact) mass is 313 g/mol. The highest BCUT2D eigenvalue weighted by molar-refractivity contribution is 5.85. The van der Waals surface area contributed by atoms with E-state index in [4.69, 9.17) is 0 Å². The maximum atomic E-state index is 12.7. The molecular weight excluding hydrogens is 290 g/mol. The largest absolute Gasteiger partial charge is 0.364 e. The van der Waals surface area contributed by atoms with Gasteiger partial charge >= 0.3 is 0 Å². The van der Waals surface area contributed by atoms with Crippen molar-refractivity contribution >= 4 is 17.4 Å². The molecule has 0 spiro atoms. The van der Waals surface area contributed by atoms with Crippen LogP contribution >= 0.6 is 0 Å². The van der Waals surface area contributed by atoms with Crippen LogP contribution in [-0.4, -0.2) is 44.5 Å². The van der Waals surface area contributed by atoms with E-state index in [0.717, 1.165) is 30.0 Å². The smallest absolute Gasteiger partial charge is 0.232 e. The molecule has 0 bridgehead atoms. The minimum atomic E-state index is -0.511. The van der Waals surface area contributed by atoms with Crippen LogP contribution in [0.15, 0.2) is 36.7 Å². The summed E-state index contributed by atoms with van der Waals surface area (Å²) in [4.78, 5) is 18.8. The van der Waals surface area contributed by atoms with Crippen LogP contribution in [0, 0.1) is 5.41 Å². The third-order valence-electron chi connectivity index (χ3n) is 4.68. The number of carbonyl (C=O) groups excluding carboxylic acids is 1. The van der Waals surface area contributed by atoms with Crippen LogP contribution in [0.3, 0.4) is 0 Å². The number of hydrogen-bond donors (Lipinski definition) is 1. The molecule has 1 unspecified atom stereocenters. The molecule has 1 amide bonds. The molecule has 0 aliphatic carbocycles. The molecule has 23 heavy (non-hydrogen) atoms. The van der Waals surface area contributed by atoms with Crippen molar-refractivity contribution in [1.29, 1.82) is 0 Å². The van der Waals surface area contributed by atoms with Crippen molar-refractivity contribution in [2.75, 3.05) is 18.4 Å². The van der Waals surface area contributed by atoms with E-state index in [-0.39, 0.29) is 11.9 Å². The molecule has 6 heteroatoms. The molecule has 2 aromatic heterocycles. The van der Waals surface area contributed by atoms with Crippen molar-refractivity contribution in [2.24, 2.45) is 5.41 Å². The van der Waals surface area contributed by atoms with Gasteiger partial charge in [0.2, 0.25) is 5.91 Å². The van der Waals surface area contributed by atoms with Crippen LogP contribution in [0.4, 0.5) is 5.82 Å². The third kappa shape index (κ3) is 2.93. The number of hydrogen-bond acceptors (Lipinski definition) is 4. The predicted octanol–water partition coefficient (Wildman–Crippen LogP) is 2.34. The molecule has 1 fully saturated rings. The molecule has 0 saturated carbocycles. The van der Waals surface area contributed by atoms with Gasteiger partial charge in [-0.2, -0.15) is 0 Å². The Morgan fingerprint density at radius 3 is 2.96 bits per heavy atom. The first kappa shape index (κ1) is 15.5. The lowest BCUT2D eigenvalue weighted by molar-refractivity contribution is -0.137. The molecule has 1 N–H and O–H groups in total. The molecule has 1 atom stereocenters. The van der Waals surface area contributed by atoms with Crippen molar-refractivity contribution in [2.45, 2.75) is 33.2 Å². The van der Waals surface area contributed by atoms with Gasteiger partial charge in [-0.3, -0.25) is 4.79 Å². The fourth-order valence-electron chi connectivity index (χ4n) is 2.74. The summed E-state index contributed by atoms with van der Waals surface area (Å²) in [7, 11) is 0. The molecule has 1 aliphatic rings. The van der Waals surface area contributed by atoms with Crippen LogP contribution in [0.1, 0.15) is 27.2 Å². The standard InChI is InChI=1S/C17H23N5O/c1-12(2)17(3,4)16(23)21-9-7-13(11-21)19-14-5-6-15-18-8-10-22(15)20-14/h5-6,8,10,13H,1,7,9,11H2,2-4H3,(H,19,20). The molecule has 1 saturated heterocycles. The van der Waals surface area contributed by atoms with E-state index >= 15 is 0 Å². The van der Waals surface area contributed by atoms with Gasteiger partial charge in [-0.05, 0) is 39.3 Å². The maximum absolute atomic E-state index is 12.7. The lowest BCUT2D eigenvalue weighted by atomic mass is 9.84. The Balaban J connectivity index is 1.65. The van der Waals surface area contributed by atoms with Gasteiger partial charge in [-0.1, -0.05) is 12.2 Å². The third-order valence-corrected chi connectivity index (χ3v) is 4.68. The van der Waals surface area contributed by atoms with Gasteiger partial charge < -0.3 is 10.2 Å². The Bertz CT molecular complexity index is 748. The van der Waals surface area contributed by atoms with Crippen molar-refractivity contribution in [3.8, 4) is 0 Å². The quantitative estimate of drug-likeness (QED) is 0.880. The molecule has 3 heterocycles. The zero-order chi connectivity index (χ0) is 16.6. The average Bonchev–Trinajstić information content (AvgIpc) is 3.14. The van der Waals surface area contributed by atoms with Crippen LogP contribution in [0.5, 0.6) is 0 Å². The molecule has 2 aromatic rings. The van der Waals surface area contributed by atoms with Gasteiger partial charge in [0.25, 0.3) is 0 Å². The fourth-order valence-corrected chi connectivity index (χ4v) is 2.74. The molecular formula is C17H23N5O. The van der Waals surface area contributed by atoms with Gasteiger partial charge in [0.1, 0.15) is 5.82 Å². The van der Waals surface area contributed by atoms with Gasteiger partial charge in [0.05, 0.1) is 5.41 Å². The lowest BCUT2D eigenvalue weighted by Crippen LogP contribution is -2.41. The molecule has 0 aromatic carbocycles. The Kier molecular flexibility index (Phi) is 3.83. The zero-order valence-corrected chi connectivity index (χ0v) is 13.9. The van der Waals surface area contributed by atoms with Gasteiger partial charge in [0, 0.05) is 31.5 Å². The van der Waals surface area contributed by atoms with E-state index in [1.165, 1.54) is 0 Å². The van der Waals surface area contributed by atoms with Crippen molar-refractivity contribution < 1.29 is 4.79 Å². The number of imidazole rings is 1. The highest BCUT2D eigenvalue weighted by Crippen LogP contribution is 2.29. The second-order valence-electron chi connectivity index (χ2n) is 6.74. The lowest BCUT2D eigenvalue weighted by Gasteiger charge is -2.29. The Morgan fingerprint density at radius 2 is 2.22 bits per heavy atom. The van der Waals surface area contributed by atoms with Gasteiger partial charge in [-0.15, -0.1) is 5.10 Å². The van der Waals surface area contributed by atoms with E-state index in [2.05, 4.69) is 22.0 Å². The van der Waals surface area contributed by atoms with E-state index in [9.17, 15) is 4.79 Å². The van der Waals surface area contributed by atoms with Crippen LogP contribution in [0.25, 0.3) is 5.65 Å². The van der Waals surface area contributed by atoms with E-state index in [0.29, 0.717) is 6.54 Å². The predicted molar refractivity (Wildman–Crippen MR) is 90.2 cm³/mol. The Hall–Kier alpha value is -2.37. The summed E-state index contributed by atoms with van der Waals surface area (Å²) in [5.41, 5.74) is 1.20. The highest BCUT2D eigenvalue weighted by Gasteiger charge is 2.36. The number of fused-ring (bicyclic) bond motifs is 1. The molecule has 122 valence electrons. The number of rotatable bonds is 4. The summed E-state index contributed by atoms with van der Waals surface area (Å²) >= 11 is 0. The first-order chi connectivity index (χ1) is 10.9.